The molecular weight excluding hydrogens is 264 g/mol. The van der Waals surface area contributed by atoms with Crippen molar-refractivity contribution in [2.45, 2.75) is 13.0 Å². The van der Waals surface area contributed by atoms with Crippen LogP contribution in [0.2, 0.25) is 0 Å². The number of morpholine rings is 1. The summed E-state index contributed by atoms with van der Waals surface area (Å²) in [6.45, 7) is 3.39. The summed E-state index contributed by atoms with van der Waals surface area (Å²) in [6, 6.07) is 2.49. The third-order valence-electron chi connectivity index (χ3n) is 2.44. The summed E-state index contributed by atoms with van der Waals surface area (Å²) in [4.78, 5) is 18.2. The maximum atomic E-state index is 11.1. The quantitative estimate of drug-likeness (QED) is 0.226. The average molecular weight is 283 g/mol. The van der Waals surface area contributed by atoms with Gasteiger partial charge in [-0.2, -0.15) is 5.26 Å². The number of carbonyl (C=O) groups excluding carboxylic acids is 1. The van der Waals surface area contributed by atoms with Crippen LogP contribution in [0.5, 0.6) is 0 Å². The zero-order valence-electron chi connectivity index (χ0n) is 11.9. The Balaban J connectivity index is 2.65. The second kappa shape index (κ2) is 8.12. The summed E-state index contributed by atoms with van der Waals surface area (Å²) in [5.74, 6) is -0.567. The lowest BCUT2D eigenvalue weighted by atomic mass is 10.3. The molecule has 1 rings (SSSR count). The van der Waals surface area contributed by atoms with Crippen LogP contribution in [-0.2, 0) is 19.1 Å². The summed E-state index contributed by atoms with van der Waals surface area (Å²) in [7, 11) is 3.57. The summed E-state index contributed by atoms with van der Waals surface area (Å²) in [6.07, 6.45) is 0.464. The van der Waals surface area contributed by atoms with Crippen molar-refractivity contribution in [3.05, 3.63) is 0 Å². The number of hydrogen-bond donors (Lipinski definition) is 0. The van der Waals surface area contributed by atoms with Gasteiger partial charge < -0.3 is 9.47 Å². The SMILES string of the molecule is CCOC(=O)/C=N\OC(N1CCOC(C#N)C1)=[N+](C)C. The lowest BCUT2D eigenvalue weighted by Crippen LogP contribution is -2.48. The number of amidine groups is 1. The monoisotopic (exact) mass is 283 g/mol. The van der Waals surface area contributed by atoms with E-state index in [9.17, 15) is 4.79 Å². The molecule has 0 aliphatic carbocycles. The normalized spacial score (nSPS) is 18.5. The second-order valence-corrected chi connectivity index (χ2v) is 4.19. The molecule has 8 heteroatoms. The number of rotatable bonds is 3. The van der Waals surface area contributed by atoms with Crippen molar-refractivity contribution in [3.8, 4) is 6.07 Å². The largest absolute Gasteiger partial charge is 0.472 e. The molecule has 0 amide bonds. The first kappa shape index (κ1) is 15.9. The Morgan fingerprint density at radius 3 is 3.00 bits per heavy atom. The number of ether oxygens (including phenoxy) is 2. The minimum absolute atomic E-state index is 0.280. The molecule has 110 valence electrons. The first-order chi connectivity index (χ1) is 9.58. The molecule has 0 aromatic heterocycles. The third-order valence-corrected chi connectivity index (χ3v) is 2.44. The molecule has 1 heterocycles. The molecule has 0 saturated carbocycles. The summed E-state index contributed by atoms with van der Waals surface area (Å²) >= 11 is 0. The molecule has 1 unspecified atom stereocenters. The van der Waals surface area contributed by atoms with Crippen LogP contribution in [0.4, 0.5) is 0 Å². The fourth-order valence-corrected chi connectivity index (χ4v) is 1.62. The lowest BCUT2D eigenvalue weighted by molar-refractivity contribution is -0.481. The predicted molar refractivity (Wildman–Crippen MR) is 70.3 cm³/mol. The van der Waals surface area contributed by atoms with Crippen molar-refractivity contribution < 1.29 is 23.7 Å². The zero-order valence-corrected chi connectivity index (χ0v) is 11.9. The standard InChI is InChI=1S/C12H19N4O4/c1-4-18-11(17)8-14-20-12(15(2)3)16-5-6-19-10(7-13)9-16/h8,10H,4-6,9H2,1-3H3/q+1/b14-8-. The van der Waals surface area contributed by atoms with E-state index >= 15 is 0 Å². The summed E-state index contributed by atoms with van der Waals surface area (Å²) in [5, 5.41) is 12.5. The van der Waals surface area contributed by atoms with E-state index in [1.54, 1.807) is 25.6 Å². The van der Waals surface area contributed by atoms with E-state index in [2.05, 4.69) is 11.2 Å². The van der Waals surface area contributed by atoms with Crippen LogP contribution in [-0.4, -0.2) is 74.2 Å². The van der Waals surface area contributed by atoms with Crippen LogP contribution in [0, 0.1) is 11.3 Å². The van der Waals surface area contributed by atoms with Crippen molar-refractivity contribution in [2.24, 2.45) is 5.16 Å². The Labute approximate surface area is 117 Å². The van der Waals surface area contributed by atoms with Crippen molar-refractivity contribution in [2.75, 3.05) is 40.4 Å². The Morgan fingerprint density at radius 2 is 2.40 bits per heavy atom. The molecule has 0 N–H and O–H groups in total. The second-order valence-electron chi connectivity index (χ2n) is 4.19. The molecule has 8 nitrogen and oxygen atoms in total. The predicted octanol–water partition coefficient (Wildman–Crippen LogP) is -0.596. The maximum Gasteiger partial charge on any atom is 0.472 e. The smallest absolute Gasteiger partial charge is 0.462 e. The molecule has 1 aliphatic rings. The van der Waals surface area contributed by atoms with Gasteiger partial charge in [0.05, 0.1) is 33.4 Å². The highest BCUT2D eigenvalue weighted by Crippen LogP contribution is 2.06. The van der Waals surface area contributed by atoms with Gasteiger partial charge in [-0.3, -0.25) is 4.84 Å². The number of hydrogen-bond acceptors (Lipinski definition) is 6. The molecule has 0 bridgehead atoms. The van der Waals surface area contributed by atoms with Crippen molar-refractivity contribution in [1.82, 2.24) is 4.90 Å². The van der Waals surface area contributed by atoms with E-state index < -0.39 is 12.1 Å². The van der Waals surface area contributed by atoms with Crippen LogP contribution in [0.3, 0.4) is 0 Å². The fraction of sp³-hybridized carbons (Fsp3) is 0.667. The summed E-state index contributed by atoms with van der Waals surface area (Å²) < 4.78 is 11.7. The fourth-order valence-electron chi connectivity index (χ4n) is 1.62. The van der Waals surface area contributed by atoms with Gasteiger partial charge in [0.25, 0.3) is 0 Å². The Hall–Kier alpha value is -2.14. The van der Waals surface area contributed by atoms with Crippen molar-refractivity contribution in [1.29, 1.82) is 5.26 Å². The molecule has 1 atom stereocenters. The first-order valence-electron chi connectivity index (χ1n) is 6.26. The molecule has 0 spiro atoms. The van der Waals surface area contributed by atoms with Gasteiger partial charge in [-0.15, -0.1) is 0 Å². The molecule has 0 aromatic carbocycles. The van der Waals surface area contributed by atoms with Crippen molar-refractivity contribution >= 4 is 18.2 Å². The highest BCUT2D eigenvalue weighted by Gasteiger charge is 2.31. The van der Waals surface area contributed by atoms with Crippen LogP contribution in [0.1, 0.15) is 6.92 Å². The highest BCUT2D eigenvalue weighted by atomic mass is 16.7. The first-order valence-corrected chi connectivity index (χ1v) is 6.26. The number of carbonyl (C=O) groups is 1. The molecule has 20 heavy (non-hydrogen) atoms. The van der Waals surface area contributed by atoms with E-state index in [1.807, 2.05) is 4.90 Å². The van der Waals surface area contributed by atoms with Crippen LogP contribution >= 0.6 is 0 Å². The topological polar surface area (TPSA) is 87.2 Å². The maximum absolute atomic E-state index is 11.1. The van der Waals surface area contributed by atoms with Crippen LogP contribution < -0.4 is 0 Å². The van der Waals surface area contributed by atoms with Gasteiger partial charge in [-0.05, 0) is 6.92 Å². The zero-order chi connectivity index (χ0) is 15.0. The van der Waals surface area contributed by atoms with Crippen LogP contribution in [0.15, 0.2) is 5.16 Å². The summed E-state index contributed by atoms with van der Waals surface area (Å²) in [5.41, 5.74) is 0. The minimum atomic E-state index is -0.567. The number of nitrogens with zero attached hydrogens (tertiary/aromatic N) is 4. The van der Waals surface area contributed by atoms with Gasteiger partial charge in [0.2, 0.25) is 0 Å². The average Bonchev–Trinajstić information content (AvgIpc) is 2.43. The molecule has 1 aliphatic heterocycles. The number of esters is 1. The lowest BCUT2D eigenvalue weighted by Gasteiger charge is -2.24. The molecular formula is C12H19N4O4+. The molecule has 1 fully saturated rings. The molecule has 0 aromatic rings. The molecule has 0 radical (unpaired) electrons. The van der Waals surface area contributed by atoms with E-state index in [4.69, 9.17) is 19.6 Å². The molecule has 1 saturated heterocycles. The van der Waals surface area contributed by atoms with Gasteiger partial charge in [-0.25, -0.2) is 14.3 Å². The van der Waals surface area contributed by atoms with Crippen LogP contribution in [0.25, 0.3) is 0 Å². The number of oxime groups is 1. The van der Waals surface area contributed by atoms with Gasteiger partial charge >= 0.3 is 12.0 Å². The van der Waals surface area contributed by atoms with Gasteiger partial charge in [0.1, 0.15) is 13.1 Å². The van der Waals surface area contributed by atoms with Gasteiger partial charge in [-0.1, -0.05) is 5.16 Å². The van der Waals surface area contributed by atoms with E-state index in [0.717, 1.165) is 6.21 Å². The Bertz CT molecular complexity index is 437. The Kier molecular flexibility index (Phi) is 6.46. The van der Waals surface area contributed by atoms with Crippen molar-refractivity contribution in [3.63, 3.8) is 0 Å². The Morgan fingerprint density at radius 1 is 1.65 bits per heavy atom. The minimum Gasteiger partial charge on any atom is -0.462 e. The van der Waals surface area contributed by atoms with E-state index in [-0.39, 0.29) is 6.61 Å². The van der Waals surface area contributed by atoms with Gasteiger partial charge in [0, 0.05) is 0 Å². The van der Waals surface area contributed by atoms with Gasteiger partial charge in [0.15, 0.2) is 12.3 Å². The number of nitriles is 1. The highest BCUT2D eigenvalue weighted by molar-refractivity contribution is 6.23. The van der Waals surface area contributed by atoms with E-state index in [0.29, 0.717) is 25.7 Å². The van der Waals surface area contributed by atoms with E-state index in [1.165, 1.54) is 0 Å². The third kappa shape index (κ3) is 4.85.